The molecule has 106 valence electrons. The Labute approximate surface area is 119 Å². The summed E-state index contributed by atoms with van der Waals surface area (Å²) in [6.07, 6.45) is 5.26. The molecule has 1 heterocycles. The number of fused-ring (bicyclic) bond motifs is 1. The number of hydrogen-bond acceptors (Lipinski definition) is 3. The van der Waals surface area contributed by atoms with E-state index in [0.29, 0.717) is 12.6 Å². The van der Waals surface area contributed by atoms with E-state index in [9.17, 15) is 0 Å². The van der Waals surface area contributed by atoms with E-state index in [0.717, 1.165) is 18.7 Å². The van der Waals surface area contributed by atoms with Crippen LogP contribution in [0.25, 0.3) is 0 Å². The summed E-state index contributed by atoms with van der Waals surface area (Å²) in [5.41, 5.74) is 3.86. The SMILES string of the molecule is COCc1cccc(CNC2CCCc3occc32)c1. The molecule has 3 rings (SSSR count). The fraction of sp³-hybridized carbons (Fsp3) is 0.412. The Morgan fingerprint density at radius 3 is 3.10 bits per heavy atom. The molecule has 1 aliphatic carbocycles. The molecule has 3 heteroatoms. The number of aryl methyl sites for hydroxylation is 1. The first-order valence-electron chi connectivity index (χ1n) is 7.23. The van der Waals surface area contributed by atoms with Crippen molar-refractivity contribution in [3.8, 4) is 0 Å². The van der Waals surface area contributed by atoms with Crippen molar-refractivity contribution in [3.05, 3.63) is 59.0 Å². The van der Waals surface area contributed by atoms with Gasteiger partial charge < -0.3 is 14.5 Å². The first kappa shape index (κ1) is 13.4. The van der Waals surface area contributed by atoms with Gasteiger partial charge in [0.05, 0.1) is 12.9 Å². The molecule has 0 spiro atoms. The largest absolute Gasteiger partial charge is 0.469 e. The van der Waals surface area contributed by atoms with E-state index in [1.807, 2.05) is 6.26 Å². The molecule has 0 amide bonds. The highest BCUT2D eigenvalue weighted by atomic mass is 16.5. The van der Waals surface area contributed by atoms with Gasteiger partial charge in [-0.1, -0.05) is 24.3 Å². The number of nitrogens with one attached hydrogen (secondary N) is 1. The topological polar surface area (TPSA) is 34.4 Å². The van der Waals surface area contributed by atoms with E-state index in [-0.39, 0.29) is 0 Å². The van der Waals surface area contributed by atoms with Crippen LogP contribution >= 0.6 is 0 Å². The van der Waals surface area contributed by atoms with Crippen LogP contribution in [0.2, 0.25) is 0 Å². The van der Waals surface area contributed by atoms with Crippen LogP contribution in [-0.2, 0) is 24.3 Å². The Balaban J connectivity index is 1.64. The molecule has 0 aliphatic heterocycles. The van der Waals surface area contributed by atoms with Crippen LogP contribution in [0.5, 0.6) is 0 Å². The minimum Gasteiger partial charge on any atom is -0.469 e. The van der Waals surface area contributed by atoms with Crippen molar-refractivity contribution in [1.29, 1.82) is 0 Å². The smallest absolute Gasteiger partial charge is 0.108 e. The van der Waals surface area contributed by atoms with Crippen LogP contribution in [0.1, 0.15) is 41.3 Å². The highest BCUT2D eigenvalue weighted by Crippen LogP contribution is 2.30. The quantitative estimate of drug-likeness (QED) is 0.902. The fourth-order valence-electron chi connectivity index (χ4n) is 2.94. The van der Waals surface area contributed by atoms with Gasteiger partial charge in [0.1, 0.15) is 5.76 Å². The maximum absolute atomic E-state index is 5.53. The average Bonchev–Trinajstić information content (AvgIpc) is 2.95. The number of rotatable bonds is 5. The van der Waals surface area contributed by atoms with Crippen LogP contribution in [0.15, 0.2) is 41.0 Å². The summed E-state index contributed by atoms with van der Waals surface area (Å²) in [7, 11) is 1.73. The molecular formula is C17H21NO2. The highest BCUT2D eigenvalue weighted by molar-refractivity contribution is 5.26. The molecule has 3 nitrogen and oxygen atoms in total. The maximum atomic E-state index is 5.53. The van der Waals surface area contributed by atoms with Gasteiger partial charge in [0.2, 0.25) is 0 Å². The lowest BCUT2D eigenvalue weighted by molar-refractivity contribution is 0.185. The first-order valence-corrected chi connectivity index (χ1v) is 7.23. The monoisotopic (exact) mass is 271 g/mol. The number of methoxy groups -OCH3 is 1. The van der Waals surface area contributed by atoms with Crippen molar-refractivity contribution < 1.29 is 9.15 Å². The second-order valence-corrected chi connectivity index (χ2v) is 5.38. The van der Waals surface area contributed by atoms with Gasteiger partial charge in [-0.05, 0) is 30.0 Å². The molecule has 1 aromatic carbocycles. The van der Waals surface area contributed by atoms with E-state index in [4.69, 9.17) is 9.15 Å². The summed E-state index contributed by atoms with van der Waals surface area (Å²) in [6, 6.07) is 11.1. The second-order valence-electron chi connectivity index (χ2n) is 5.38. The van der Waals surface area contributed by atoms with Crippen LogP contribution < -0.4 is 5.32 Å². The van der Waals surface area contributed by atoms with Crippen molar-refractivity contribution in [2.24, 2.45) is 0 Å². The van der Waals surface area contributed by atoms with Crippen LogP contribution in [0.3, 0.4) is 0 Å². The Bertz CT molecular complexity index is 562. The lowest BCUT2D eigenvalue weighted by atomic mass is 9.93. The number of benzene rings is 1. The molecule has 0 saturated heterocycles. The zero-order valence-electron chi connectivity index (χ0n) is 11.9. The van der Waals surface area contributed by atoms with Gasteiger partial charge in [-0.25, -0.2) is 0 Å². The third-order valence-electron chi connectivity index (χ3n) is 3.91. The van der Waals surface area contributed by atoms with Gasteiger partial charge in [0, 0.05) is 31.7 Å². The minimum atomic E-state index is 0.420. The van der Waals surface area contributed by atoms with Crippen LogP contribution in [-0.4, -0.2) is 7.11 Å². The number of furan rings is 1. The van der Waals surface area contributed by atoms with E-state index < -0.39 is 0 Å². The van der Waals surface area contributed by atoms with Gasteiger partial charge in [-0.3, -0.25) is 0 Å². The molecule has 0 radical (unpaired) electrons. The fourth-order valence-corrected chi connectivity index (χ4v) is 2.94. The zero-order chi connectivity index (χ0) is 13.8. The second kappa shape index (κ2) is 6.25. The van der Waals surface area contributed by atoms with Crippen molar-refractivity contribution in [3.63, 3.8) is 0 Å². The predicted molar refractivity (Wildman–Crippen MR) is 78.4 cm³/mol. The van der Waals surface area contributed by atoms with Crippen molar-refractivity contribution in [1.82, 2.24) is 5.32 Å². The molecule has 1 unspecified atom stereocenters. The molecule has 1 aliphatic rings. The van der Waals surface area contributed by atoms with Gasteiger partial charge in [-0.15, -0.1) is 0 Å². The first-order chi connectivity index (χ1) is 9.86. The van der Waals surface area contributed by atoms with Gasteiger partial charge in [0.25, 0.3) is 0 Å². The summed E-state index contributed by atoms with van der Waals surface area (Å²) < 4.78 is 10.7. The molecule has 1 atom stereocenters. The van der Waals surface area contributed by atoms with Crippen molar-refractivity contribution in [2.45, 2.75) is 38.5 Å². The molecular weight excluding hydrogens is 250 g/mol. The molecule has 0 bridgehead atoms. The van der Waals surface area contributed by atoms with E-state index in [1.165, 1.54) is 29.5 Å². The predicted octanol–water partition coefficient (Wildman–Crippen LogP) is 3.59. The van der Waals surface area contributed by atoms with Crippen LogP contribution in [0, 0.1) is 0 Å². The standard InChI is InChI=1S/C17H21NO2/c1-19-12-14-5-2-4-13(10-14)11-18-16-6-3-7-17-15(16)8-9-20-17/h2,4-5,8-10,16,18H,3,6-7,11-12H2,1H3. The summed E-state index contributed by atoms with van der Waals surface area (Å²) in [5.74, 6) is 1.15. The molecule has 1 aromatic heterocycles. The van der Waals surface area contributed by atoms with Gasteiger partial charge >= 0.3 is 0 Å². The summed E-state index contributed by atoms with van der Waals surface area (Å²) >= 11 is 0. The van der Waals surface area contributed by atoms with E-state index in [1.54, 1.807) is 7.11 Å². The average molecular weight is 271 g/mol. The molecule has 2 aromatic rings. The molecule has 20 heavy (non-hydrogen) atoms. The van der Waals surface area contributed by atoms with E-state index in [2.05, 4.69) is 35.6 Å². The minimum absolute atomic E-state index is 0.420. The van der Waals surface area contributed by atoms with Crippen molar-refractivity contribution >= 4 is 0 Å². The van der Waals surface area contributed by atoms with Crippen molar-refractivity contribution in [2.75, 3.05) is 7.11 Å². The van der Waals surface area contributed by atoms with Gasteiger partial charge in [0.15, 0.2) is 0 Å². The van der Waals surface area contributed by atoms with Crippen LogP contribution in [0.4, 0.5) is 0 Å². The Hall–Kier alpha value is -1.58. The highest BCUT2D eigenvalue weighted by Gasteiger charge is 2.21. The van der Waals surface area contributed by atoms with E-state index >= 15 is 0 Å². The normalized spacial score (nSPS) is 17.9. The Morgan fingerprint density at radius 2 is 2.20 bits per heavy atom. The lowest BCUT2D eigenvalue weighted by Gasteiger charge is -2.23. The summed E-state index contributed by atoms with van der Waals surface area (Å²) in [5, 5.41) is 3.65. The Kier molecular flexibility index (Phi) is 4.19. The molecule has 0 fully saturated rings. The number of ether oxygens (including phenoxy) is 1. The van der Waals surface area contributed by atoms with Gasteiger partial charge in [-0.2, -0.15) is 0 Å². The molecule has 0 saturated carbocycles. The summed E-state index contributed by atoms with van der Waals surface area (Å²) in [4.78, 5) is 0. The summed E-state index contributed by atoms with van der Waals surface area (Å²) in [6.45, 7) is 1.55. The zero-order valence-corrected chi connectivity index (χ0v) is 11.9. The number of hydrogen-bond donors (Lipinski definition) is 1. The maximum Gasteiger partial charge on any atom is 0.108 e. The third kappa shape index (κ3) is 2.94. The lowest BCUT2D eigenvalue weighted by Crippen LogP contribution is -2.24. The third-order valence-corrected chi connectivity index (χ3v) is 3.91. The molecule has 1 N–H and O–H groups in total. The Morgan fingerprint density at radius 1 is 1.30 bits per heavy atom.